The summed E-state index contributed by atoms with van der Waals surface area (Å²) in [5.41, 5.74) is 0.745. The van der Waals surface area contributed by atoms with Crippen molar-refractivity contribution in [3.05, 3.63) is 43.0 Å². The third-order valence-electron chi connectivity index (χ3n) is 2.76. The van der Waals surface area contributed by atoms with Gasteiger partial charge in [0.25, 0.3) is 0 Å². The molecule has 19 heavy (non-hydrogen) atoms. The maximum Gasteiger partial charge on any atom is 0.407 e. The van der Waals surface area contributed by atoms with Crippen molar-refractivity contribution in [1.82, 2.24) is 5.32 Å². The van der Waals surface area contributed by atoms with E-state index in [0.717, 1.165) is 5.69 Å². The molecular weight excluding hydrogens is 244 g/mol. The van der Waals surface area contributed by atoms with Crippen LogP contribution >= 0.6 is 0 Å². The smallest absolute Gasteiger partial charge is 0.407 e. The first kappa shape index (κ1) is 13.1. The minimum atomic E-state index is -0.514. The molecule has 0 aliphatic heterocycles. The highest BCUT2D eigenvalue weighted by atomic mass is 16.6. The molecule has 1 saturated carbocycles. The predicted molar refractivity (Wildman–Crippen MR) is 71.6 cm³/mol. The second-order valence-electron chi connectivity index (χ2n) is 4.31. The zero-order valence-electron chi connectivity index (χ0n) is 10.5. The van der Waals surface area contributed by atoms with E-state index in [1.807, 2.05) is 30.3 Å². The lowest BCUT2D eigenvalue weighted by molar-refractivity contribution is -0.117. The average Bonchev–Trinajstić information content (AvgIpc) is 3.17. The molecule has 0 bridgehead atoms. The molecule has 1 aromatic rings. The highest BCUT2D eigenvalue weighted by molar-refractivity contribution is 5.95. The highest BCUT2D eigenvalue weighted by Crippen LogP contribution is 2.34. The Balaban J connectivity index is 1.75. The molecule has 100 valence electrons. The van der Waals surface area contributed by atoms with Crippen molar-refractivity contribution >= 4 is 17.7 Å². The third kappa shape index (κ3) is 3.84. The van der Waals surface area contributed by atoms with Gasteiger partial charge in [-0.1, -0.05) is 24.3 Å². The number of alkyl carbamates (subject to hydrolysis) is 1. The van der Waals surface area contributed by atoms with Crippen LogP contribution in [0.2, 0.25) is 0 Å². The fourth-order valence-electron chi connectivity index (χ4n) is 1.67. The summed E-state index contributed by atoms with van der Waals surface area (Å²) in [4.78, 5) is 23.1. The Bertz CT molecular complexity index is 473. The Morgan fingerprint density at radius 3 is 2.79 bits per heavy atom. The Labute approximate surface area is 111 Å². The Hall–Kier alpha value is -2.30. The van der Waals surface area contributed by atoms with Gasteiger partial charge in [0.2, 0.25) is 5.91 Å². The number of nitrogens with one attached hydrogen (secondary N) is 2. The number of carbonyl (C=O) groups excluding carboxylic acids is 2. The number of rotatable bonds is 5. The lowest BCUT2D eigenvalue weighted by Crippen LogP contribution is -2.26. The number of ether oxygens (including phenoxy) is 1. The quantitative estimate of drug-likeness (QED) is 0.795. The van der Waals surface area contributed by atoms with Crippen LogP contribution < -0.4 is 10.6 Å². The van der Waals surface area contributed by atoms with Gasteiger partial charge < -0.3 is 15.4 Å². The maximum atomic E-state index is 11.8. The van der Waals surface area contributed by atoms with Gasteiger partial charge in [0.15, 0.2) is 0 Å². The minimum Gasteiger partial charge on any atom is -0.445 e. The van der Waals surface area contributed by atoms with Crippen LogP contribution in [0.5, 0.6) is 0 Å². The van der Waals surface area contributed by atoms with E-state index in [1.54, 1.807) is 6.08 Å². The fraction of sp³-hybridized carbons (Fsp3) is 0.286. The molecule has 0 aromatic heterocycles. The van der Waals surface area contributed by atoms with Crippen LogP contribution in [0.4, 0.5) is 10.5 Å². The molecule has 2 rings (SSSR count). The molecule has 0 spiro atoms. The molecule has 5 nitrogen and oxygen atoms in total. The molecule has 1 aromatic carbocycles. The highest BCUT2D eigenvalue weighted by Gasteiger charge is 2.46. The molecular formula is C14H16N2O3. The zero-order chi connectivity index (χ0) is 13.7. The van der Waals surface area contributed by atoms with E-state index in [0.29, 0.717) is 13.0 Å². The van der Waals surface area contributed by atoms with Crippen molar-refractivity contribution < 1.29 is 14.3 Å². The molecule has 0 heterocycles. The van der Waals surface area contributed by atoms with E-state index in [2.05, 4.69) is 17.2 Å². The first-order valence-corrected chi connectivity index (χ1v) is 6.12. The molecule has 2 unspecified atom stereocenters. The maximum absolute atomic E-state index is 11.8. The van der Waals surface area contributed by atoms with E-state index in [-0.39, 0.29) is 17.9 Å². The van der Waals surface area contributed by atoms with Crippen LogP contribution in [0, 0.1) is 5.92 Å². The molecule has 1 fully saturated rings. The van der Waals surface area contributed by atoms with E-state index in [4.69, 9.17) is 4.74 Å². The number of anilines is 1. The topological polar surface area (TPSA) is 67.4 Å². The summed E-state index contributed by atoms with van der Waals surface area (Å²) < 4.78 is 5.08. The van der Waals surface area contributed by atoms with E-state index >= 15 is 0 Å². The number of para-hydroxylation sites is 1. The summed E-state index contributed by atoms with van der Waals surface area (Å²) in [5.74, 6) is -0.373. The van der Waals surface area contributed by atoms with Gasteiger partial charge >= 0.3 is 6.09 Å². The standard InChI is InChI=1S/C14H16N2O3/c1-2-8-15-14(18)19-12-9-11(12)13(17)16-10-6-4-3-5-7-10/h2-7,11-12H,1,8-9H2,(H,15,18)(H,16,17). The number of carbonyl (C=O) groups is 2. The van der Waals surface area contributed by atoms with E-state index < -0.39 is 6.09 Å². The van der Waals surface area contributed by atoms with Crippen LogP contribution in [0.3, 0.4) is 0 Å². The van der Waals surface area contributed by atoms with Gasteiger partial charge in [0, 0.05) is 18.7 Å². The average molecular weight is 260 g/mol. The van der Waals surface area contributed by atoms with Crippen LogP contribution in [0.1, 0.15) is 6.42 Å². The number of hydrogen-bond acceptors (Lipinski definition) is 3. The second-order valence-corrected chi connectivity index (χ2v) is 4.31. The summed E-state index contributed by atoms with van der Waals surface area (Å²) >= 11 is 0. The monoisotopic (exact) mass is 260 g/mol. The van der Waals surface area contributed by atoms with Crippen molar-refractivity contribution in [3.63, 3.8) is 0 Å². The fourth-order valence-corrected chi connectivity index (χ4v) is 1.67. The molecule has 5 heteroatoms. The van der Waals surface area contributed by atoms with Gasteiger partial charge in [-0.15, -0.1) is 6.58 Å². The summed E-state index contributed by atoms with van der Waals surface area (Å²) in [6.07, 6.45) is 1.29. The first-order valence-electron chi connectivity index (χ1n) is 6.12. The van der Waals surface area contributed by atoms with Crippen molar-refractivity contribution in [2.45, 2.75) is 12.5 Å². The van der Waals surface area contributed by atoms with Crippen LogP contribution in [-0.4, -0.2) is 24.6 Å². The van der Waals surface area contributed by atoms with Gasteiger partial charge in [-0.05, 0) is 12.1 Å². The zero-order valence-corrected chi connectivity index (χ0v) is 10.5. The van der Waals surface area contributed by atoms with Gasteiger partial charge in [0.1, 0.15) is 6.10 Å². The molecule has 0 saturated heterocycles. The normalized spacial score (nSPS) is 20.2. The molecule has 1 aliphatic rings. The number of benzene rings is 1. The van der Waals surface area contributed by atoms with Crippen LogP contribution in [-0.2, 0) is 9.53 Å². The van der Waals surface area contributed by atoms with Crippen molar-refractivity contribution in [2.24, 2.45) is 5.92 Å². The van der Waals surface area contributed by atoms with Crippen LogP contribution in [0.25, 0.3) is 0 Å². The molecule has 1 aliphatic carbocycles. The summed E-state index contributed by atoms with van der Waals surface area (Å²) in [5, 5.41) is 5.29. The van der Waals surface area contributed by atoms with E-state index in [1.165, 1.54) is 0 Å². The van der Waals surface area contributed by atoms with Gasteiger partial charge in [-0.2, -0.15) is 0 Å². The largest absolute Gasteiger partial charge is 0.445 e. The molecule has 2 amide bonds. The predicted octanol–water partition coefficient (Wildman–Crippen LogP) is 1.93. The van der Waals surface area contributed by atoms with E-state index in [9.17, 15) is 9.59 Å². The first-order chi connectivity index (χ1) is 9.20. The summed E-state index contributed by atoms with van der Waals surface area (Å²) in [7, 11) is 0. The number of hydrogen-bond donors (Lipinski definition) is 2. The lowest BCUT2D eigenvalue weighted by Gasteiger charge is -2.06. The van der Waals surface area contributed by atoms with Crippen molar-refractivity contribution in [1.29, 1.82) is 0 Å². The van der Waals surface area contributed by atoms with Gasteiger partial charge in [-0.3, -0.25) is 4.79 Å². The summed E-state index contributed by atoms with van der Waals surface area (Å²) in [6, 6.07) is 9.20. The Morgan fingerprint density at radius 1 is 1.37 bits per heavy atom. The third-order valence-corrected chi connectivity index (χ3v) is 2.76. The Morgan fingerprint density at radius 2 is 2.11 bits per heavy atom. The molecule has 2 N–H and O–H groups in total. The van der Waals surface area contributed by atoms with Gasteiger partial charge in [-0.25, -0.2) is 4.79 Å². The van der Waals surface area contributed by atoms with Crippen LogP contribution in [0.15, 0.2) is 43.0 Å². The SMILES string of the molecule is C=CCNC(=O)OC1CC1C(=O)Nc1ccccc1. The van der Waals surface area contributed by atoms with Crippen molar-refractivity contribution in [3.8, 4) is 0 Å². The number of amides is 2. The lowest BCUT2D eigenvalue weighted by atomic mass is 10.3. The second kappa shape index (κ2) is 6.04. The summed E-state index contributed by atoms with van der Waals surface area (Å²) in [6.45, 7) is 3.84. The molecule has 0 radical (unpaired) electrons. The van der Waals surface area contributed by atoms with Gasteiger partial charge in [0.05, 0.1) is 5.92 Å². The Kier molecular flexibility index (Phi) is 4.18. The minimum absolute atomic E-state index is 0.118. The van der Waals surface area contributed by atoms with Crippen molar-refractivity contribution in [2.75, 3.05) is 11.9 Å². The molecule has 2 atom stereocenters.